The molecule has 6 nitrogen and oxygen atoms in total. The summed E-state index contributed by atoms with van der Waals surface area (Å²) < 4.78 is 19.7. The Morgan fingerprint density at radius 3 is 2.93 bits per heavy atom. The van der Waals surface area contributed by atoms with Crippen LogP contribution in [0.2, 0.25) is 0 Å². The van der Waals surface area contributed by atoms with Crippen molar-refractivity contribution in [3.63, 3.8) is 0 Å². The number of morpholine rings is 1. The Labute approximate surface area is 187 Å². The molecular formula is C23H31BrN2O4. The van der Waals surface area contributed by atoms with E-state index < -0.39 is 6.10 Å². The van der Waals surface area contributed by atoms with Gasteiger partial charge < -0.3 is 23.8 Å². The fourth-order valence-electron chi connectivity index (χ4n) is 5.67. The summed E-state index contributed by atoms with van der Waals surface area (Å²) in [5, 5.41) is 12.3. The second-order valence-electron chi connectivity index (χ2n) is 9.45. The molecule has 4 atom stereocenters. The Morgan fingerprint density at radius 2 is 2.17 bits per heavy atom. The molecular weight excluding hydrogens is 448 g/mol. The molecule has 1 spiro atoms. The average Bonchev–Trinajstić information content (AvgIpc) is 3.01. The first-order valence-electron chi connectivity index (χ1n) is 11.0. The van der Waals surface area contributed by atoms with E-state index in [2.05, 4.69) is 34.0 Å². The molecule has 0 saturated carbocycles. The van der Waals surface area contributed by atoms with E-state index in [1.807, 2.05) is 12.1 Å². The minimum Gasteiger partial charge on any atom is -0.849 e. The van der Waals surface area contributed by atoms with Crippen molar-refractivity contribution >= 4 is 15.9 Å². The van der Waals surface area contributed by atoms with Crippen LogP contribution in [0.1, 0.15) is 24.0 Å². The summed E-state index contributed by atoms with van der Waals surface area (Å²) >= 11 is 3.84. The molecule has 3 aliphatic heterocycles. The third kappa shape index (κ3) is 3.39. The zero-order chi connectivity index (χ0) is 20.9. The molecule has 1 aliphatic carbocycles. The van der Waals surface area contributed by atoms with E-state index in [4.69, 9.17) is 14.2 Å². The van der Waals surface area contributed by atoms with Crippen molar-refractivity contribution in [3.05, 3.63) is 33.8 Å². The van der Waals surface area contributed by atoms with Crippen molar-refractivity contribution in [2.45, 2.75) is 37.0 Å². The van der Waals surface area contributed by atoms with Crippen molar-refractivity contribution in [1.29, 1.82) is 0 Å². The molecule has 4 aliphatic rings. The molecule has 7 heteroatoms. The minimum atomic E-state index is -0.696. The summed E-state index contributed by atoms with van der Waals surface area (Å²) in [4.78, 5) is 2.52. The summed E-state index contributed by atoms with van der Waals surface area (Å²) in [7, 11) is 4.06. The first-order valence-corrected chi connectivity index (χ1v) is 11.8. The first-order chi connectivity index (χ1) is 14.4. The monoisotopic (exact) mass is 478 g/mol. The Kier molecular flexibility index (Phi) is 5.39. The lowest BCUT2D eigenvalue weighted by atomic mass is 9.69. The lowest BCUT2D eigenvalue weighted by Crippen LogP contribution is -2.51. The molecule has 5 rings (SSSR count). The molecule has 1 fully saturated rings. The molecule has 0 amide bonds. The Balaban J connectivity index is 1.52. The number of ether oxygens (including phenoxy) is 3. The number of halogens is 1. The van der Waals surface area contributed by atoms with Gasteiger partial charge in [0.15, 0.2) is 11.5 Å². The minimum absolute atomic E-state index is 0.104. The van der Waals surface area contributed by atoms with E-state index in [0.717, 1.165) is 79.4 Å². The van der Waals surface area contributed by atoms with Gasteiger partial charge in [-0.05, 0) is 12.5 Å². The number of nitrogens with zero attached hydrogens (tertiary/aromatic N) is 2. The van der Waals surface area contributed by atoms with Gasteiger partial charge in [0, 0.05) is 41.7 Å². The Bertz CT molecular complexity index is 856. The van der Waals surface area contributed by atoms with Crippen LogP contribution in [0.3, 0.4) is 0 Å². The van der Waals surface area contributed by atoms with Crippen molar-refractivity contribution in [2.24, 2.45) is 0 Å². The van der Waals surface area contributed by atoms with Crippen molar-refractivity contribution < 1.29 is 23.8 Å². The largest absolute Gasteiger partial charge is 0.849 e. The third-order valence-electron chi connectivity index (χ3n) is 7.54. The number of quaternary nitrogens is 1. The maximum atomic E-state index is 12.3. The van der Waals surface area contributed by atoms with Gasteiger partial charge in [0.2, 0.25) is 0 Å². The quantitative estimate of drug-likeness (QED) is 0.488. The number of benzene rings is 1. The maximum absolute atomic E-state index is 12.3. The van der Waals surface area contributed by atoms with Crippen molar-refractivity contribution in [2.75, 3.05) is 60.1 Å². The number of hydrogen-bond acceptors (Lipinski definition) is 5. The van der Waals surface area contributed by atoms with Gasteiger partial charge in [-0.25, -0.2) is 0 Å². The number of likely N-dealkylation sites (N-methyl/N-ethyl adjacent to an activating group) is 1. The van der Waals surface area contributed by atoms with E-state index >= 15 is 0 Å². The summed E-state index contributed by atoms with van der Waals surface area (Å²) in [6.45, 7) is 7.91. The smallest absolute Gasteiger partial charge is 0.166 e. The zero-order valence-electron chi connectivity index (χ0n) is 17.9. The van der Waals surface area contributed by atoms with Gasteiger partial charge in [-0.15, -0.1) is 12.2 Å². The van der Waals surface area contributed by atoms with E-state index in [0.29, 0.717) is 6.42 Å². The molecule has 0 aromatic heterocycles. The Hall–Kier alpha value is -1.12. The topological polar surface area (TPSA) is 54.0 Å². The summed E-state index contributed by atoms with van der Waals surface area (Å²) in [5.41, 5.74) is 2.33. The average molecular weight is 479 g/mol. The van der Waals surface area contributed by atoms with Gasteiger partial charge in [0.05, 0.1) is 45.9 Å². The standard InChI is InChI=1S/C23H31BrN2O4/c1-26(10-6-25-7-11-29-12-8-25)9-5-23-4-3-16(27)13-20(23)30-22-19(28-2)14-18(24)17(15-26)21(22)23/h3-4,14,16,20H,5-13,15H2,1-2H3/t16-,20-,23?,26?/m0/s1. The van der Waals surface area contributed by atoms with Gasteiger partial charge in [0.25, 0.3) is 0 Å². The number of hydrogen-bond donors (Lipinski definition) is 0. The fraction of sp³-hybridized carbons (Fsp3) is 0.652. The van der Waals surface area contributed by atoms with Crippen molar-refractivity contribution in [3.8, 4) is 11.5 Å². The molecule has 3 heterocycles. The van der Waals surface area contributed by atoms with Crippen LogP contribution >= 0.6 is 15.9 Å². The fourth-order valence-corrected chi connectivity index (χ4v) is 6.20. The summed E-state index contributed by atoms with van der Waals surface area (Å²) in [6.07, 6.45) is 4.72. The van der Waals surface area contributed by atoms with Crippen molar-refractivity contribution in [1.82, 2.24) is 4.90 Å². The van der Waals surface area contributed by atoms with Crippen LogP contribution in [0, 0.1) is 0 Å². The predicted molar refractivity (Wildman–Crippen MR) is 116 cm³/mol. The van der Waals surface area contributed by atoms with E-state index in [-0.39, 0.29) is 11.5 Å². The highest BCUT2D eigenvalue weighted by atomic mass is 79.9. The zero-order valence-corrected chi connectivity index (χ0v) is 19.4. The van der Waals surface area contributed by atoms with Crippen LogP contribution < -0.4 is 14.6 Å². The maximum Gasteiger partial charge on any atom is 0.166 e. The molecule has 1 saturated heterocycles. The van der Waals surface area contributed by atoms with Crippen LogP contribution in [0.4, 0.5) is 0 Å². The molecule has 0 radical (unpaired) electrons. The van der Waals surface area contributed by atoms with E-state index in [1.54, 1.807) is 7.11 Å². The second kappa shape index (κ2) is 7.78. The lowest BCUT2D eigenvalue weighted by Gasteiger charge is -2.40. The van der Waals surface area contributed by atoms with Crippen LogP contribution in [-0.2, 0) is 16.7 Å². The molecule has 0 bridgehead atoms. The highest BCUT2D eigenvalue weighted by Crippen LogP contribution is 2.57. The van der Waals surface area contributed by atoms with Gasteiger partial charge in [0.1, 0.15) is 12.6 Å². The second-order valence-corrected chi connectivity index (χ2v) is 10.3. The molecule has 0 N–H and O–H groups in total. The first kappa shape index (κ1) is 20.8. The molecule has 1 aromatic carbocycles. The molecule has 2 unspecified atom stereocenters. The van der Waals surface area contributed by atoms with E-state index in [1.165, 1.54) is 11.1 Å². The third-order valence-corrected chi connectivity index (χ3v) is 8.25. The molecule has 30 heavy (non-hydrogen) atoms. The normalized spacial score (nSPS) is 35.3. The Morgan fingerprint density at radius 1 is 1.37 bits per heavy atom. The van der Waals surface area contributed by atoms with E-state index in [9.17, 15) is 5.11 Å². The van der Waals surface area contributed by atoms with Gasteiger partial charge in [-0.1, -0.05) is 22.0 Å². The SMILES string of the molecule is COc1cc(Br)c2c3c1O[C@H]1C[C@@H]([O-])C=CC31CC[N+](C)(CCN1CCOCC1)C2. The summed E-state index contributed by atoms with van der Waals surface area (Å²) in [6, 6.07) is 2.04. The number of methoxy groups -OCH3 is 1. The van der Waals surface area contributed by atoms with Crippen LogP contribution in [-0.4, -0.2) is 81.7 Å². The van der Waals surface area contributed by atoms with Gasteiger partial charge in [-0.2, -0.15) is 0 Å². The summed E-state index contributed by atoms with van der Waals surface area (Å²) in [5.74, 6) is 1.61. The van der Waals surface area contributed by atoms with Crippen LogP contribution in [0.15, 0.2) is 22.7 Å². The number of rotatable bonds is 4. The van der Waals surface area contributed by atoms with Crippen LogP contribution in [0.25, 0.3) is 0 Å². The molecule has 1 aromatic rings. The predicted octanol–water partition coefficient (Wildman–Crippen LogP) is 1.83. The van der Waals surface area contributed by atoms with Crippen LogP contribution in [0.5, 0.6) is 11.5 Å². The highest BCUT2D eigenvalue weighted by molar-refractivity contribution is 9.10. The lowest BCUT2D eigenvalue weighted by molar-refractivity contribution is -0.922. The highest BCUT2D eigenvalue weighted by Gasteiger charge is 2.54. The van der Waals surface area contributed by atoms with Gasteiger partial charge >= 0.3 is 0 Å². The van der Waals surface area contributed by atoms with Gasteiger partial charge in [-0.3, -0.25) is 4.90 Å². The molecule has 164 valence electrons.